The smallest absolute Gasteiger partial charge is 0.220 e. The lowest BCUT2D eigenvalue weighted by Crippen LogP contribution is -2.51. The van der Waals surface area contributed by atoms with Gasteiger partial charge >= 0.3 is 0 Å². The number of benzene rings is 4. The van der Waals surface area contributed by atoms with E-state index >= 15 is 0 Å². The summed E-state index contributed by atoms with van der Waals surface area (Å²) in [5, 5.41) is 17.1. The van der Waals surface area contributed by atoms with Gasteiger partial charge in [-0.05, 0) is 149 Å². The van der Waals surface area contributed by atoms with Crippen molar-refractivity contribution < 1.29 is 4.79 Å². The first kappa shape index (κ1) is 37.2. The minimum Gasteiger partial charge on any atom is -0.356 e. The molecule has 4 aromatic carbocycles. The van der Waals surface area contributed by atoms with Crippen molar-refractivity contribution in [3.63, 3.8) is 0 Å². The zero-order chi connectivity index (χ0) is 36.8. The van der Waals surface area contributed by atoms with Gasteiger partial charge in [-0.1, -0.05) is 131 Å². The van der Waals surface area contributed by atoms with Gasteiger partial charge in [0.25, 0.3) is 0 Å². The first-order chi connectivity index (χ1) is 25.6. The van der Waals surface area contributed by atoms with E-state index in [1.807, 2.05) is 0 Å². The van der Waals surface area contributed by atoms with Gasteiger partial charge in [-0.25, -0.2) is 0 Å². The fraction of sp³-hybridized carbons (Fsp3) is 0.612. The molecule has 3 saturated carbocycles. The number of fused-ring (bicyclic) bond motifs is 5. The van der Waals surface area contributed by atoms with E-state index in [1.54, 1.807) is 5.19 Å². The van der Waals surface area contributed by atoms with Crippen molar-refractivity contribution in [3.8, 4) is 0 Å². The number of unbranched alkanes of at least 4 members (excludes halogenated alkanes) is 3. The number of carbonyl (C=O) groups is 1. The van der Waals surface area contributed by atoms with Crippen LogP contribution in [0.15, 0.2) is 66.7 Å². The van der Waals surface area contributed by atoms with Gasteiger partial charge < -0.3 is 10.6 Å². The van der Waals surface area contributed by atoms with Gasteiger partial charge in [0.15, 0.2) is 0 Å². The van der Waals surface area contributed by atoms with Crippen molar-refractivity contribution in [1.29, 1.82) is 0 Å². The van der Waals surface area contributed by atoms with Gasteiger partial charge in [-0.2, -0.15) is 0 Å². The summed E-state index contributed by atoms with van der Waals surface area (Å²) in [4.78, 5) is 12.9. The fourth-order valence-electron chi connectivity index (χ4n) is 13.1. The molecule has 4 aliphatic carbocycles. The summed E-state index contributed by atoms with van der Waals surface area (Å²) in [6, 6.07) is 20.7. The third-order valence-electron chi connectivity index (χ3n) is 16.1. The highest BCUT2D eigenvalue weighted by molar-refractivity contribution is 6.91. The summed E-state index contributed by atoms with van der Waals surface area (Å²) >= 11 is 0. The quantitative estimate of drug-likeness (QED) is 0.0587. The highest BCUT2D eigenvalue weighted by Gasteiger charge is 2.59. The van der Waals surface area contributed by atoms with E-state index in [9.17, 15) is 4.79 Å². The Kier molecular flexibility index (Phi) is 10.6. The van der Waals surface area contributed by atoms with E-state index in [0.717, 1.165) is 61.7 Å². The lowest BCUT2D eigenvalue weighted by Gasteiger charge is -2.58. The molecule has 1 amide bonds. The van der Waals surface area contributed by atoms with Crippen LogP contribution in [-0.2, 0) is 4.79 Å². The molecule has 4 heteroatoms. The molecular weight excluding hydrogens is 661 g/mol. The number of hydrogen-bond acceptors (Lipinski definition) is 2. The van der Waals surface area contributed by atoms with Gasteiger partial charge in [0.1, 0.15) is 0 Å². The summed E-state index contributed by atoms with van der Waals surface area (Å²) in [7, 11) is -1.68. The van der Waals surface area contributed by atoms with Gasteiger partial charge in [0.05, 0.1) is 8.07 Å². The maximum Gasteiger partial charge on any atom is 0.220 e. The number of allylic oxidation sites excluding steroid dienone is 2. The van der Waals surface area contributed by atoms with Crippen LogP contribution in [0.4, 0.5) is 0 Å². The van der Waals surface area contributed by atoms with Crippen molar-refractivity contribution in [3.05, 3.63) is 66.7 Å². The van der Waals surface area contributed by atoms with E-state index in [4.69, 9.17) is 0 Å². The molecule has 53 heavy (non-hydrogen) atoms. The maximum atomic E-state index is 12.9. The second kappa shape index (κ2) is 15.1. The zero-order valence-electron chi connectivity index (χ0n) is 33.7. The molecule has 3 fully saturated rings. The Morgan fingerprint density at radius 3 is 2.30 bits per heavy atom. The zero-order valence-corrected chi connectivity index (χ0v) is 34.7. The van der Waals surface area contributed by atoms with Gasteiger partial charge in [-0.15, -0.1) is 0 Å². The van der Waals surface area contributed by atoms with Crippen molar-refractivity contribution in [2.75, 3.05) is 19.3 Å². The Hall–Kier alpha value is -2.69. The molecule has 0 heterocycles. The predicted octanol–water partition coefficient (Wildman–Crippen LogP) is 11.5. The molecule has 284 valence electrons. The normalized spacial score (nSPS) is 30.4. The van der Waals surface area contributed by atoms with E-state index in [1.165, 1.54) is 103 Å². The highest BCUT2D eigenvalue weighted by Crippen LogP contribution is 2.67. The van der Waals surface area contributed by atoms with Crippen molar-refractivity contribution in [1.82, 2.24) is 10.6 Å². The SMILES string of the molecule is C[C@H](CCC(=O)NCCCCCCNC[Si](C)(C)c1ccc2ccc3cccc4ccc1c2c34)[C@H]1CC[C@H]2[C@@H]3C=C[C@H]4CCCC[C@]4(C)[C@H]3CC[C@]12C. The number of rotatable bonds is 14. The minimum absolute atomic E-state index is 0.271. The molecule has 0 spiro atoms. The van der Waals surface area contributed by atoms with E-state index in [0.29, 0.717) is 23.2 Å². The summed E-state index contributed by atoms with van der Waals surface area (Å²) in [5.41, 5.74) is 1.000. The number of carbonyl (C=O) groups excluding carboxylic acids is 1. The molecule has 4 aromatic rings. The summed E-state index contributed by atoms with van der Waals surface area (Å²) < 4.78 is 0. The van der Waals surface area contributed by atoms with Crippen LogP contribution in [-0.4, -0.2) is 33.2 Å². The molecule has 2 N–H and O–H groups in total. The van der Waals surface area contributed by atoms with E-state index in [-0.39, 0.29) is 5.91 Å². The highest BCUT2D eigenvalue weighted by atomic mass is 28.3. The number of nitrogens with one attached hydrogen (secondary N) is 2. The van der Waals surface area contributed by atoms with Crippen molar-refractivity contribution in [2.24, 2.45) is 46.3 Å². The monoisotopic (exact) mass is 729 g/mol. The van der Waals surface area contributed by atoms with Crippen molar-refractivity contribution in [2.45, 2.75) is 124 Å². The predicted molar refractivity (Wildman–Crippen MR) is 230 cm³/mol. The molecule has 0 saturated heterocycles. The molecule has 0 radical (unpaired) electrons. The third-order valence-corrected chi connectivity index (χ3v) is 19.1. The molecule has 0 aromatic heterocycles. The standard InChI is InChI=1S/C49H68N2OSi/c1-34(41-24-25-42-39-23-21-38-15-8-9-29-48(38,2)43(39)28-30-49(41,42)3)16-27-45(52)51-32-11-7-6-10-31-50-33-53(4,5)44-26-20-37-18-17-35-13-12-14-36-19-22-40(44)47(37)46(35)36/h12-14,17-23,26,34,38-39,41-43,50H,6-11,15-16,24-25,27-33H2,1-5H3,(H,51,52)/t34-,38-,39+,41-,42+,43+,48+,49-/m1/s1. The molecular formula is C49H68N2OSi. The largest absolute Gasteiger partial charge is 0.356 e. The average Bonchev–Trinajstić information content (AvgIpc) is 3.52. The van der Waals surface area contributed by atoms with Crippen molar-refractivity contribution >= 4 is 51.5 Å². The average molecular weight is 729 g/mol. The number of hydrogen-bond donors (Lipinski definition) is 2. The molecule has 0 aliphatic heterocycles. The van der Waals surface area contributed by atoms with Crippen LogP contribution >= 0.6 is 0 Å². The third kappa shape index (κ3) is 6.92. The Morgan fingerprint density at radius 1 is 0.774 bits per heavy atom. The molecule has 0 bridgehead atoms. The maximum absolute atomic E-state index is 12.9. The Bertz CT molecular complexity index is 1910. The second-order valence-corrected chi connectivity index (χ2v) is 24.2. The second-order valence-electron chi connectivity index (χ2n) is 19.6. The molecule has 8 atom stereocenters. The topological polar surface area (TPSA) is 41.1 Å². The Labute approximate surface area is 321 Å². The van der Waals surface area contributed by atoms with Crippen LogP contribution in [0, 0.1) is 46.3 Å². The number of amides is 1. The molecule has 8 rings (SSSR count). The van der Waals surface area contributed by atoms with Gasteiger partial charge in [-0.3, -0.25) is 4.79 Å². The van der Waals surface area contributed by atoms with Crippen LogP contribution in [0.2, 0.25) is 13.1 Å². The Morgan fingerprint density at radius 2 is 1.49 bits per heavy atom. The first-order valence-electron chi connectivity index (χ1n) is 21.9. The Balaban J connectivity index is 0.731. The van der Waals surface area contributed by atoms with E-state index < -0.39 is 8.07 Å². The fourth-order valence-corrected chi connectivity index (χ4v) is 15.5. The van der Waals surface area contributed by atoms with Crippen LogP contribution in [0.5, 0.6) is 0 Å². The first-order valence-corrected chi connectivity index (χ1v) is 25.1. The van der Waals surface area contributed by atoms with Crippen LogP contribution in [0.25, 0.3) is 32.3 Å². The summed E-state index contributed by atoms with van der Waals surface area (Å²) in [5.74, 6) is 5.05. The lowest BCUT2D eigenvalue weighted by atomic mass is 9.46. The van der Waals surface area contributed by atoms with Crippen LogP contribution < -0.4 is 15.8 Å². The molecule has 3 nitrogen and oxygen atoms in total. The van der Waals surface area contributed by atoms with Crippen LogP contribution in [0.1, 0.15) is 111 Å². The molecule has 4 aliphatic rings. The van der Waals surface area contributed by atoms with Gasteiger partial charge in [0, 0.05) is 13.0 Å². The minimum atomic E-state index is -1.68. The van der Waals surface area contributed by atoms with Crippen LogP contribution in [0.3, 0.4) is 0 Å². The molecule has 0 unspecified atom stereocenters. The lowest BCUT2D eigenvalue weighted by molar-refractivity contribution is -0.121. The van der Waals surface area contributed by atoms with Gasteiger partial charge in [0.2, 0.25) is 5.91 Å². The van der Waals surface area contributed by atoms with E-state index in [2.05, 4.69) is 111 Å². The summed E-state index contributed by atoms with van der Waals surface area (Å²) in [6.45, 7) is 14.7. The summed E-state index contributed by atoms with van der Waals surface area (Å²) in [6.07, 6.45) is 24.3.